The van der Waals surface area contributed by atoms with Crippen LogP contribution in [0.4, 0.5) is 0 Å². The molecule has 0 bridgehead atoms. The van der Waals surface area contributed by atoms with Crippen molar-refractivity contribution in [2.75, 3.05) is 14.2 Å². The second-order valence-corrected chi connectivity index (χ2v) is 4.38. The molecule has 1 aromatic carbocycles. The van der Waals surface area contributed by atoms with Crippen LogP contribution in [0.1, 0.15) is 23.7 Å². The molecular weight excluding hydrogens is 262 g/mol. The third kappa shape index (κ3) is 4.64. The number of hydrogen-bond donors (Lipinski definition) is 3. The zero-order valence-corrected chi connectivity index (χ0v) is 11.5. The van der Waals surface area contributed by atoms with Gasteiger partial charge in [-0.2, -0.15) is 0 Å². The first kappa shape index (κ1) is 16.1. The number of amides is 1. The molecule has 0 saturated carbocycles. The Balaban J connectivity index is 2.67. The number of carbonyl (C=O) groups is 2. The fourth-order valence-corrected chi connectivity index (χ4v) is 1.69. The highest BCUT2D eigenvalue weighted by Gasteiger charge is 2.21. The average Bonchev–Trinajstić information content (AvgIpc) is 2.46. The smallest absolute Gasteiger partial charge is 0.308 e. The van der Waals surface area contributed by atoms with Crippen LogP contribution in [0.15, 0.2) is 24.3 Å². The van der Waals surface area contributed by atoms with Crippen molar-refractivity contribution in [3.8, 4) is 0 Å². The van der Waals surface area contributed by atoms with Crippen molar-refractivity contribution in [2.45, 2.75) is 25.0 Å². The van der Waals surface area contributed by atoms with Crippen LogP contribution in [0.5, 0.6) is 0 Å². The van der Waals surface area contributed by atoms with E-state index in [0.29, 0.717) is 5.56 Å². The Kier molecular flexibility index (Phi) is 6.14. The number of nitrogens with one attached hydrogen (secondary N) is 1. The van der Waals surface area contributed by atoms with E-state index < -0.39 is 18.2 Å². The van der Waals surface area contributed by atoms with E-state index in [2.05, 4.69) is 10.1 Å². The van der Waals surface area contributed by atoms with Gasteiger partial charge in [-0.15, -0.1) is 0 Å². The van der Waals surface area contributed by atoms with E-state index in [9.17, 15) is 19.8 Å². The maximum atomic E-state index is 11.2. The van der Waals surface area contributed by atoms with Crippen LogP contribution in [0.2, 0.25) is 0 Å². The minimum atomic E-state index is -1.23. The van der Waals surface area contributed by atoms with E-state index in [-0.39, 0.29) is 18.7 Å². The highest BCUT2D eigenvalue weighted by molar-refractivity contribution is 5.78. The number of esters is 1. The Hall–Kier alpha value is -1.92. The fraction of sp³-hybridized carbons (Fsp3) is 0.429. The lowest BCUT2D eigenvalue weighted by Crippen LogP contribution is -2.22. The lowest BCUT2D eigenvalue weighted by molar-refractivity contribution is -0.144. The molecule has 0 spiro atoms. The van der Waals surface area contributed by atoms with Crippen molar-refractivity contribution >= 4 is 11.9 Å². The highest BCUT2D eigenvalue weighted by Crippen LogP contribution is 2.20. The molecule has 0 aliphatic rings. The first-order chi connectivity index (χ1) is 9.47. The standard InChI is InChI=1S/C14H19NO5/c1-15-12(17)7-9-3-5-10(6-4-9)14(19)11(16)8-13(18)20-2/h3-6,11,14,16,19H,7-8H2,1-2H3,(H,15,17). The molecule has 1 aromatic rings. The molecule has 1 amide bonds. The van der Waals surface area contributed by atoms with Gasteiger partial charge in [0.1, 0.15) is 6.10 Å². The van der Waals surface area contributed by atoms with Gasteiger partial charge in [0.05, 0.1) is 26.1 Å². The maximum Gasteiger partial charge on any atom is 0.308 e. The lowest BCUT2D eigenvalue weighted by atomic mass is 10.00. The van der Waals surface area contributed by atoms with Gasteiger partial charge in [0.25, 0.3) is 0 Å². The zero-order chi connectivity index (χ0) is 15.1. The summed E-state index contributed by atoms with van der Waals surface area (Å²) in [5.41, 5.74) is 1.27. The largest absolute Gasteiger partial charge is 0.469 e. The van der Waals surface area contributed by atoms with Gasteiger partial charge in [-0.25, -0.2) is 0 Å². The van der Waals surface area contributed by atoms with Crippen LogP contribution in [0.25, 0.3) is 0 Å². The number of benzene rings is 1. The van der Waals surface area contributed by atoms with Crippen LogP contribution in [0, 0.1) is 0 Å². The minimum absolute atomic E-state index is 0.107. The summed E-state index contributed by atoms with van der Waals surface area (Å²) in [6.45, 7) is 0. The molecule has 2 atom stereocenters. The van der Waals surface area contributed by atoms with E-state index >= 15 is 0 Å². The Labute approximate surface area is 117 Å². The predicted molar refractivity (Wildman–Crippen MR) is 71.8 cm³/mol. The second kappa shape index (κ2) is 7.62. The van der Waals surface area contributed by atoms with Gasteiger partial charge < -0.3 is 20.3 Å². The van der Waals surface area contributed by atoms with Crippen molar-refractivity contribution < 1.29 is 24.5 Å². The first-order valence-electron chi connectivity index (χ1n) is 6.20. The Bertz CT molecular complexity index is 457. The Morgan fingerprint density at radius 3 is 2.35 bits per heavy atom. The Morgan fingerprint density at radius 1 is 1.25 bits per heavy atom. The quantitative estimate of drug-likeness (QED) is 0.634. The van der Waals surface area contributed by atoms with Crippen LogP contribution >= 0.6 is 0 Å². The van der Waals surface area contributed by atoms with Gasteiger partial charge in [-0.1, -0.05) is 24.3 Å². The van der Waals surface area contributed by atoms with Gasteiger partial charge in [-0.05, 0) is 11.1 Å². The third-order valence-electron chi connectivity index (χ3n) is 2.93. The van der Waals surface area contributed by atoms with Gasteiger partial charge >= 0.3 is 5.97 Å². The summed E-state index contributed by atoms with van der Waals surface area (Å²) in [4.78, 5) is 22.2. The summed E-state index contributed by atoms with van der Waals surface area (Å²) in [7, 11) is 2.78. The number of hydrogen-bond acceptors (Lipinski definition) is 5. The molecule has 110 valence electrons. The van der Waals surface area contributed by atoms with E-state index in [1.165, 1.54) is 7.11 Å². The van der Waals surface area contributed by atoms with Gasteiger partial charge in [0.2, 0.25) is 5.91 Å². The van der Waals surface area contributed by atoms with E-state index in [1.807, 2.05) is 0 Å². The number of aliphatic hydroxyl groups excluding tert-OH is 2. The third-order valence-corrected chi connectivity index (χ3v) is 2.93. The molecule has 6 nitrogen and oxygen atoms in total. The fourth-order valence-electron chi connectivity index (χ4n) is 1.69. The summed E-state index contributed by atoms with van der Waals surface area (Å²) >= 11 is 0. The SMILES string of the molecule is CNC(=O)Cc1ccc(C(O)C(O)CC(=O)OC)cc1. The molecule has 3 N–H and O–H groups in total. The van der Waals surface area contributed by atoms with Crippen molar-refractivity contribution in [1.29, 1.82) is 0 Å². The van der Waals surface area contributed by atoms with Crippen molar-refractivity contribution in [1.82, 2.24) is 5.32 Å². The Morgan fingerprint density at radius 2 is 1.85 bits per heavy atom. The van der Waals surface area contributed by atoms with Crippen LogP contribution in [0.3, 0.4) is 0 Å². The predicted octanol–water partition coefficient (Wildman–Crippen LogP) is -0.0675. The maximum absolute atomic E-state index is 11.2. The molecule has 20 heavy (non-hydrogen) atoms. The second-order valence-electron chi connectivity index (χ2n) is 4.38. The number of carbonyl (C=O) groups excluding carboxylic acids is 2. The molecule has 0 aliphatic carbocycles. The molecular formula is C14H19NO5. The topological polar surface area (TPSA) is 95.9 Å². The summed E-state index contributed by atoms with van der Waals surface area (Å²) < 4.78 is 4.43. The van der Waals surface area contributed by atoms with Crippen LogP contribution in [-0.4, -0.2) is 42.4 Å². The van der Waals surface area contributed by atoms with Crippen LogP contribution < -0.4 is 5.32 Å². The summed E-state index contributed by atoms with van der Waals surface area (Å²) in [6, 6.07) is 6.62. The van der Waals surface area contributed by atoms with Crippen molar-refractivity contribution in [2.24, 2.45) is 0 Å². The molecule has 1 rings (SSSR count). The normalized spacial score (nSPS) is 13.4. The van der Waals surface area contributed by atoms with E-state index in [0.717, 1.165) is 5.56 Å². The lowest BCUT2D eigenvalue weighted by Gasteiger charge is -2.17. The van der Waals surface area contributed by atoms with Gasteiger partial charge in [0.15, 0.2) is 0 Å². The number of methoxy groups -OCH3 is 1. The number of aliphatic hydroxyl groups is 2. The molecule has 0 aromatic heterocycles. The minimum Gasteiger partial charge on any atom is -0.469 e. The van der Waals surface area contributed by atoms with E-state index in [1.54, 1.807) is 31.3 Å². The molecule has 0 heterocycles. The van der Waals surface area contributed by atoms with Crippen LogP contribution in [-0.2, 0) is 20.7 Å². The summed E-state index contributed by atoms with van der Waals surface area (Å²) in [6.07, 6.45) is -2.44. The highest BCUT2D eigenvalue weighted by atomic mass is 16.5. The summed E-state index contributed by atoms with van der Waals surface area (Å²) in [5.74, 6) is -0.697. The molecule has 0 fully saturated rings. The zero-order valence-electron chi connectivity index (χ0n) is 11.5. The molecule has 0 saturated heterocycles. The van der Waals surface area contributed by atoms with Crippen molar-refractivity contribution in [3.05, 3.63) is 35.4 Å². The van der Waals surface area contributed by atoms with E-state index in [4.69, 9.17) is 0 Å². The number of likely N-dealkylation sites (N-methyl/N-ethyl adjacent to an activating group) is 1. The average molecular weight is 281 g/mol. The molecule has 0 aliphatic heterocycles. The molecule has 6 heteroatoms. The summed E-state index contributed by atoms with van der Waals surface area (Å²) in [5, 5.41) is 22.1. The molecule has 2 unspecified atom stereocenters. The monoisotopic (exact) mass is 281 g/mol. The molecule has 0 radical (unpaired) electrons. The first-order valence-corrected chi connectivity index (χ1v) is 6.20. The van der Waals surface area contributed by atoms with Gasteiger partial charge in [0, 0.05) is 7.05 Å². The number of rotatable bonds is 6. The van der Waals surface area contributed by atoms with Crippen molar-refractivity contribution in [3.63, 3.8) is 0 Å². The number of ether oxygens (including phenoxy) is 1. The van der Waals surface area contributed by atoms with Gasteiger partial charge in [-0.3, -0.25) is 9.59 Å².